The number of hydrogen-bond donors (Lipinski definition) is 2. The number of carbonyl (C=O) groups is 1. The van der Waals surface area contributed by atoms with Gasteiger partial charge in [-0.25, -0.2) is 0 Å². The first-order chi connectivity index (χ1) is 7.77. The van der Waals surface area contributed by atoms with Gasteiger partial charge in [0.25, 0.3) is 0 Å². The Balaban J connectivity index is 2.41. The van der Waals surface area contributed by atoms with Crippen LogP contribution in [0.2, 0.25) is 0 Å². The molecule has 0 spiro atoms. The second-order valence-electron chi connectivity index (χ2n) is 3.43. The molecule has 0 radical (unpaired) electrons. The van der Waals surface area contributed by atoms with Gasteiger partial charge in [0.15, 0.2) is 0 Å². The molecule has 0 heterocycles. The van der Waals surface area contributed by atoms with E-state index in [1.54, 1.807) is 0 Å². The predicted octanol–water partition coefficient (Wildman–Crippen LogP) is 0.873. The second kappa shape index (κ2) is 6.98. The molecule has 1 unspecified atom stereocenters. The smallest absolute Gasteiger partial charge is 0.306 e. The highest BCUT2D eigenvalue weighted by molar-refractivity contribution is 5.69. The third kappa shape index (κ3) is 4.00. The first-order valence-corrected chi connectivity index (χ1v) is 5.24. The molecule has 0 saturated heterocycles. The number of carbonyl (C=O) groups excluding carboxylic acids is 1. The zero-order chi connectivity index (χ0) is 11.8. The van der Waals surface area contributed by atoms with E-state index >= 15 is 0 Å². The maximum atomic E-state index is 10.9. The van der Waals surface area contributed by atoms with Crippen LogP contribution in [0.15, 0.2) is 30.3 Å². The number of benzene rings is 1. The average Bonchev–Trinajstić information content (AvgIpc) is 2.35. The van der Waals surface area contributed by atoms with Crippen molar-refractivity contribution in [2.75, 3.05) is 20.3 Å². The molecule has 1 aromatic carbocycles. The SMILES string of the molecule is COC(=O)CCNC(CO)c1ccccc1. The molecule has 1 rings (SSSR count). The van der Waals surface area contributed by atoms with E-state index < -0.39 is 0 Å². The van der Waals surface area contributed by atoms with Gasteiger partial charge in [-0.1, -0.05) is 30.3 Å². The third-order valence-electron chi connectivity index (χ3n) is 2.33. The quantitative estimate of drug-likeness (QED) is 0.703. The van der Waals surface area contributed by atoms with E-state index in [-0.39, 0.29) is 18.6 Å². The van der Waals surface area contributed by atoms with Crippen LogP contribution in [0, 0.1) is 0 Å². The lowest BCUT2D eigenvalue weighted by atomic mass is 10.1. The molecule has 4 nitrogen and oxygen atoms in total. The molecule has 0 aliphatic heterocycles. The third-order valence-corrected chi connectivity index (χ3v) is 2.33. The first kappa shape index (κ1) is 12.7. The maximum absolute atomic E-state index is 10.9. The Morgan fingerprint density at radius 1 is 1.44 bits per heavy atom. The summed E-state index contributed by atoms with van der Waals surface area (Å²) in [4.78, 5) is 10.9. The minimum absolute atomic E-state index is 0.00514. The fourth-order valence-corrected chi connectivity index (χ4v) is 1.42. The Bertz CT molecular complexity index is 313. The van der Waals surface area contributed by atoms with Crippen molar-refractivity contribution in [3.8, 4) is 0 Å². The van der Waals surface area contributed by atoms with Gasteiger partial charge >= 0.3 is 5.97 Å². The number of esters is 1. The molecule has 0 amide bonds. The number of methoxy groups -OCH3 is 1. The fourth-order valence-electron chi connectivity index (χ4n) is 1.42. The van der Waals surface area contributed by atoms with Crippen molar-refractivity contribution < 1.29 is 14.6 Å². The molecular formula is C12H17NO3. The van der Waals surface area contributed by atoms with Gasteiger partial charge in [0, 0.05) is 6.54 Å². The molecular weight excluding hydrogens is 206 g/mol. The Morgan fingerprint density at radius 2 is 2.12 bits per heavy atom. The van der Waals surface area contributed by atoms with Gasteiger partial charge < -0.3 is 15.2 Å². The molecule has 2 N–H and O–H groups in total. The van der Waals surface area contributed by atoms with Gasteiger partial charge in [0.1, 0.15) is 0 Å². The molecule has 4 heteroatoms. The van der Waals surface area contributed by atoms with Crippen molar-refractivity contribution in [2.24, 2.45) is 0 Å². The zero-order valence-corrected chi connectivity index (χ0v) is 9.35. The summed E-state index contributed by atoms with van der Waals surface area (Å²) in [5.41, 5.74) is 1.01. The Morgan fingerprint density at radius 3 is 2.69 bits per heavy atom. The Kier molecular flexibility index (Phi) is 5.53. The molecule has 0 aliphatic carbocycles. The summed E-state index contributed by atoms with van der Waals surface area (Å²) in [7, 11) is 1.36. The van der Waals surface area contributed by atoms with E-state index in [0.29, 0.717) is 13.0 Å². The summed E-state index contributed by atoms with van der Waals surface area (Å²) in [6.45, 7) is 0.498. The van der Waals surface area contributed by atoms with Crippen LogP contribution in [0.5, 0.6) is 0 Å². The van der Waals surface area contributed by atoms with Gasteiger partial charge in [0.2, 0.25) is 0 Å². The summed E-state index contributed by atoms with van der Waals surface area (Å²) in [5.74, 6) is -0.253. The second-order valence-corrected chi connectivity index (χ2v) is 3.43. The maximum Gasteiger partial charge on any atom is 0.306 e. The van der Waals surface area contributed by atoms with E-state index in [1.807, 2.05) is 30.3 Å². The van der Waals surface area contributed by atoms with E-state index in [0.717, 1.165) is 5.56 Å². The first-order valence-electron chi connectivity index (χ1n) is 5.24. The molecule has 88 valence electrons. The average molecular weight is 223 g/mol. The monoisotopic (exact) mass is 223 g/mol. The van der Waals surface area contributed by atoms with E-state index in [9.17, 15) is 9.90 Å². The summed E-state index contributed by atoms with van der Waals surface area (Å²) < 4.78 is 4.53. The molecule has 1 atom stereocenters. The minimum Gasteiger partial charge on any atom is -0.469 e. The molecule has 16 heavy (non-hydrogen) atoms. The standard InChI is InChI=1S/C12H17NO3/c1-16-12(15)7-8-13-11(9-14)10-5-3-2-4-6-10/h2-6,11,13-14H,7-9H2,1H3. The summed E-state index contributed by atoms with van der Waals surface area (Å²) >= 11 is 0. The van der Waals surface area contributed by atoms with Crippen molar-refractivity contribution in [3.63, 3.8) is 0 Å². The molecule has 1 aromatic rings. The van der Waals surface area contributed by atoms with Crippen LogP contribution >= 0.6 is 0 Å². The van der Waals surface area contributed by atoms with Gasteiger partial charge in [0.05, 0.1) is 26.2 Å². The number of aliphatic hydroxyl groups excluding tert-OH is 1. The van der Waals surface area contributed by atoms with Crippen molar-refractivity contribution in [3.05, 3.63) is 35.9 Å². The number of ether oxygens (including phenoxy) is 1. The van der Waals surface area contributed by atoms with Crippen LogP contribution in [0.3, 0.4) is 0 Å². The number of aliphatic hydroxyl groups is 1. The largest absolute Gasteiger partial charge is 0.469 e. The van der Waals surface area contributed by atoms with Gasteiger partial charge in [-0.15, -0.1) is 0 Å². The van der Waals surface area contributed by atoms with Crippen LogP contribution < -0.4 is 5.32 Å². The number of nitrogens with one attached hydrogen (secondary N) is 1. The lowest BCUT2D eigenvalue weighted by Crippen LogP contribution is -2.27. The predicted molar refractivity (Wildman–Crippen MR) is 60.9 cm³/mol. The highest BCUT2D eigenvalue weighted by atomic mass is 16.5. The van der Waals surface area contributed by atoms with Crippen molar-refractivity contribution >= 4 is 5.97 Å². The minimum atomic E-state index is -0.253. The topological polar surface area (TPSA) is 58.6 Å². The lowest BCUT2D eigenvalue weighted by molar-refractivity contribution is -0.140. The van der Waals surface area contributed by atoms with Gasteiger partial charge in [-0.05, 0) is 5.56 Å². The lowest BCUT2D eigenvalue weighted by Gasteiger charge is -2.16. The Hall–Kier alpha value is -1.39. The van der Waals surface area contributed by atoms with Crippen molar-refractivity contribution in [2.45, 2.75) is 12.5 Å². The molecule has 0 fully saturated rings. The summed E-state index contributed by atoms with van der Waals surface area (Å²) in [6.07, 6.45) is 0.305. The van der Waals surface area contributed by atoms with Crippen LogP contribution in [0.25, 0.3) is 0 Å². The molecule has 0 bridgehead atoms. The molecule has 0 aliphatic rings. The molecule has 0 saturated carbocycles. The number of hydrogen-bond acceptors (Lipinski definition) is 4. The highest BCUT2D eigenvalue weighted by Gasteiger charge is 2.09. The van der Waals surface area contributed by atoms with Crippen molar-refractivity contribution in [1.82, 2.24) is 5.32 Å². The van der Waals surface area contributed by atoms with Crippen LogP contribution in [-0.4, -0.2) is 31.3 Å². The van der Waals surface area contributed by atoms with Crippen molar-refractivity contribution in [1.29, 1.82) is 0 Å². The van der Waals surface area contributed by atoms with Crippen LogP contribution in [0.1, 0.15) is 18.0 Å². The Labute approximate surface area is 95.2 Å². The number of rotatable bonds is 6. The van der Waals surface area contributed by atoms with Crippen LogP contribution in [0.4, 0.5) is 0 Å². The highest BCUT2D eigenvalue weighted by Crippen LogP contribution is 2.11. The van der Waals surface area contributed by atoms with Gasteiger partial charge in [-0.2, -0.15) is 0 Å². The van der Waals surface area contributed by atoms with Crippen LogP contribution in [-0.2, 0) is 9.53 Å². The van der Waals surface area contributed by atoms with E-state index in [2.05, 4.69) is 10.1 Å². The zero-order valence-electron chi connectivity index (χ0n) is 9.35. The van der Waals surface area contributed by atoms with E-state index in [4.69, 9.17) is 0 Å². The van der Waals surface area contributed by atoms with Gasteiger partial charge in [-0.3, -0.25) is 4.79 Å². The fraction of sp³-hybridized carbons (Fsp3) is 0.417. The molecule has 0 aromatic heterocycles. The summed E-state index contributed by atoms with van der Waals surface area (Å²) in [5, 5.41) is 12.3. The normalized spacial score (nSPS) is 12.1. The summed E-state index contributed by atoms with van der Waals surface area (Å²) in [6, 6.07) is 9.50. The van der Waals surface area contributed by atoms with E-state index in [1.165, 1.54) is 7.11 Å².